The third-order valence-electron chi connectivity index (χ3n) is 2.93. The Morgan fingerprint density at radius 2 is 1.67 bits per heavy atom. The van der Waals surface area contributed by atoms with Crippen LogP contribution in [0.2, 0.25) is 0 Å². The molecule has 0 saturated heterocycles. The van der Waals surface area contributed by atoms with Crippen LogP contribution in [0.5, 0.6) is 0 Å². The summed E-state index contributed by atoms with van der Waals surface area (Å²) in [6.07, 6.45) is 0.738. The molecule has 3 nitrogen and oxygen atoms in total. The van der Waals surface area contributed by atoms with Crippen molar-refractivity contribution < 1.29 is 13.6 Å². The Hall–Kier alpha value is -0.630. The van der Waals surface area contributed by atoms with E-state index in [1.165, 1.54) is 0 Å². The molecular weight excluding hydrogens is 247 g/mol. The van der Waals surface area contributed by atoms with E-state index in [9.17, 15) is 4.57 Å². The smallest absolute Gasteiger partial charge is 0.308 e. The Labute approximate surface area is 110 Å². The number of aryl methyl sites for hydroxylation is 1. The Bertz CT molecular complexity index is 407. The van der Waals surface area contributed by atoms with Gasteiger partial charge >= 0.3 is 7.60 Å². The Balaban J connectivity index is 3.14. The second kappa shape index (κ2) is 7.08. The van der Waals surface area contributed by atoms with Gasteiger partial charge in [0.2, 0.25) is 0 Å². The van der Waals surface area contributed by atoms with Crippen LogP contribution in [0, 0.1) is 6.92 Å². The molecule has 4 heteroatoms. The van der Waals surface area contributed by atoms with Crippen LogP contribution in [0.25, 0.3) is 0 Å². The molecule has 0 spiro atoms. The molecule has 0 aliphatic heterocycles. The molecule has 1 atom stereocenters. The summed E-state index contributed by atoms with van der Waals surface area (Å²) in [6, 6.07) is 7.99. The van der Waals surface area contributed by atoms with Gasteiger partial charge in [0.1, 0.15) is 0 Å². The normalized spacial score (nSPS) is 13.6. The van der Waals surface area contributed by atoms with Crippen molar-refractivity contribution >= 4 is 7.60 Å². The predicted molar refractivity (Wildman–Crippen MR) is 75.1 cm³/mol. The fourth-order valence-electron chi connectivity index (χ4n) is 2.15. The number of hydrogen-bond donors (Lipinski definition) is 0. The summed E-state index contributed by atoms with van der Waals surface area (Å²) in [7, 11) is -3.08. The van der Waals surface area contributed by atoms with Crippen LogP contribution in [-0.4, -0.2) is 13.2 Å². The largest absolute Gasteiger partial charge is 0.338 e. The predicted octanol–water partition coefficient (Wildman–Crippen LogP) is 4.71. The van der Waals surface area contributed by atoms with Gasteiger partial charge in [0.05, 0.1) is 18.9 Å². The number of hydrogen-bond acceptors (Lipinski definition) is 3. The van der Waals surface area contributed by atoms with Gasteiger partial charge in [-0.2, -0.15) is 0 Å². The molecule has 0 bridgehead atoms. The molecule has 0 N–H and O–H groups in total. The maximum absolute atomic E-state index is 12.9. The van der Waals surface area contributed by atoms with E-state index in [2.05, 4.69) is 0 Å². The first-order valence-corrected chi connectivity index (χ1v) is 8.14. The molecule has 0 amide bonds. The third-order valence-corrected chi connectivity index (χ3v) is 5.58. The van der Waals surface area contributed by atoms with Gasteiger partial charge in [0.25, 0.3) is 0 Å². The lowest BCUT2D eigenvalue weighted by Crippen LogP contribution is -2.07. The second-order valence-corrected chi connectivity index (χ2v) is 6.38. The third kappa shape index (κ3) is 3.44. The minimum absolute atomic E-state index is 0.182. The van der Waals surface area contributed by atoms with Gasteiger partial charge in [-0.15, -0.1) is 0 Å². The maximum Gasteiger partial charge on any atom is 0.338 e. The van der Waals surface area contributed by atoms with Gasteiger partial charge in [-0.1, -0.05) is 31.2 Å². The average molecular weight is 270 g/mol. The van der Waals surface area contributed by atoms with Crippen LogP contribution in [0.15, 0.2) is 24.3 Å². The minimum Gasteiger partial charge on any atom is -0.308 e. The average Bonchev–Trinajstić information content (AvgIpc) is 2.33. The van der Waals surface area contributed by atoms with Gasteiger partial charge in [-0.3, -0.25) is 4.57 Å². The van der Waals surface area contributed by atoms with E-state index in [0.29, 0.717) is 13.2 Å². The fraction of sp³-hybridized carbons (Fsp3) is 0.571. The highest BCUT2D eigenvalue weighted by atomic mass is 31.2. The first-order chi connectivity index (χ1) is 8.59. The number of benzene rings is 1. The summed E-state index contributed by atoms with van der Waals surface area (Å²) in [5.74, 6) is 0. The first-order valence-electron chi connectivity index (χ1n) is 6.53. The lowest BCUT2D eigenvalue weighted by molar-refractivity contribution is 0.211. The molecule has 0 aliphatic rings. The molecule has 1 aromatic carbocycles. The van der Waals surface area contributed by atoms with Crippen LogP contribution in [0.4, 0.5) is 0 Å². The van der Waals surface area contributed by atoms with Crippen molar-refractivity contribution in [1.29, 1.82) is 0 Å². The highest BCUT2D eigenvalue weighted by molar-refractivity contribution is 7.54. The monoisotopic (exact) mass is 270 g/mol. The van der Waals surface area contributed by atoms with E-state index < -0.39 is 7.60 Å². The van der Waals surface area contributed by atoms with Crippen molar-refractivity contribution in [2.24, 2.45) is 0 Å². The Morgan fingerprint density at radius 1 is 1.11 bits per heavy atom. The Kier molecular flexibility index (Phi) is 6.07. The SMILES string of the molecule is CCOP(=O)(OCC)C(CC)c1ccccc1C. The standard InChI is InChI=1S/C14H23O3P/c1-5-14(13-11-9-8-10-12(13)4)18(15,16-6-2)17-7-3/h8-11,14H,5-7H2,1-4H3. The van der Waals surface area contributed by atoms with Crippen molar-refractivity contribution in [2.45, 2.75) is 39.8 Å². The molecule has 0 aliphatic carbocycles. The number of rotatable bonds is 7. The van der Waals surface area contributed by atoms with E-state index in [1.807, 2.05) is 52.0 Å². The fourth-order valence-corrected chi connectivity index (χ4v) is 4.38. The summed E-state index contributed by atoms with van der Waals surface area (Å²) in [5, 5.41) is 0. The molecule has 0 saturated carbocycles. The summed E-state index contributed by atoms with van der Waals surface area (Å²) < 4.78 is 23.8. The minimum atomic E-state index is -3.08. The summed E-state index contributed by atoms with van der Waals surface area (Å²) in [4.78, 5) is 0. The summed E-state index contributed by atoms with van der Waals surface area (Å²) in [5.41, 5.74) is 2.01. The van der Waals surface area contributed by atoms with E-state index in [-0.39, 0.29) is 5.66 Å². The topological polar surface area (TPSA) is 35.5 Å². The second-order valence-electron chi connectivity index (χ2n) is 4.16. The van der Waals surface area contributed by atoms with Crippen LogP contribution in [0.3, 0.4) is 0 Å². The van der Waals surface area contributed by atoms with E-state index in [0.717, 1.165) is 17.5 Å². The van der Waals surface area contributed by atoms with Gasteiger partial charge in [0, 0.05) is 0 Å². The van der Waals surface area contributed by atoms with Crippen molar-refractivity contribution in [1.82, 2.24) is 0 Å². The summed E-state index contributed by atoms with van der Waals surface area (Å²) >= 11 is 0. The van der Waals surface area contributed by atoms with Crippen LogP contribution < -0.4 is 0 Å². The zero-order valence-corrected chi connectivity index (χ0v) is 12.6. The molecule has 1 unspecified atom stereocenters. The zero-order valence-electron chi connectivity index (χ0n) is 11.7. The van der Waals surface area contributed by atoms with Crippen molar-refractivity contribution in [2.75, 3.05) is 13.2 Å². The van der Waals surface area contributed by atoms with E-state index in [4.69, 9.17) is 9.05 Å². The van der Waals surface area contributed by atoms with E-state index in [1.54, 1.807) is 0 Å². The van der Waals surface area contributed by atoms with Gasteiger partial charge in [0.15, 0.2) is 0 Å². The molecule has 0 aromatic heterocycles. The van der Waals surface area contributed by atoms with Gasteiger partial charge in [-0.25, -0.2) is 0 Å². The van der Waals surface area contributed by atoms with Crippen LogP contribution in [0.1, 0.15) is 44.0 Å². The van der Waals surface area contributed by atoms with Gasteiger partial charge < -0.3 is 9.05 Å². The maximum atomic E-state index is 12.9. The lowest BCUT2D eigenvalue weighted by atomic mass is 10.0. The van der Waals surface area contributed by atoms with Crippen molar-refractivity contribution in [3.8, 4) is 0 Å². The molecule has 1 rings (SSSR count). The van der Waals surface area contributed by atoms with E-state index >= 15 is 0 Å². The highest BCUT2D eigenvalue weighted by Gasteiger charge is 2.35. The zero-order chi connectivity index (χ0) is 13.6. The highest BCUT2D eigenvalue weighted by Crippen LogP contribution is 2.62. The molecule has 0 radical (unpaired) electrons. The Morgan fingerprint density at radius 3 is 2.11 bits per heavy atom. The van der Waals surface area contributed by atoms with Crippen LogP contribution in [-0.2, 0) is 13.6 Å². The summed E-state index contributed by atoms with van der Waals surface area (Å²) in [6.45, 7) is 8.54. The molecule has 1 aromatic rings. The molecule has 0 fully saturated rings. The lowest BCUT2D eigenvalue weighted by Gasteiger charge is -2.26. The molecule has 0 heterocycles. The molecular formula is C14H23O3P. The van der Waals surface area contributed by atoms with Crippen molar-refractivity contribution in [3.05, 3.63) is 35.4 Å². The molecule has 102 valence electrons. The first kappa shape index (κ1) is 15.4. The van der Waals surface area contributed by atoms with Gasteiger partial charge in [-0.05, 0) is 38.3 Å². The quantitative estimate of drug-likeness (QED) is 0.673. The van der Waals surface area contributed by atoms with Crippen LogP contribution >= 0.6 is 7.60 Å². The molecule has 18 heavy (non-hydrogen) atoms. The van der Waals surface area contributed by atoms with Crippen molar-refractivity contribution in [3.63, 3.8) is 0 Å².